The number of rotatable bonds is 3. The highest BCUT2D eigenvalue weighted by Gasteiger charge is 2.09. The summed E-state index contributed by atoms with van der Waals surface area (Å²) in [6, 6.07) is 3.31. The Labute approximate surface area is 82.0 Å². The maximum atomic E-state index is 11.4. The molecule has 1 amide bonds. The van der Waals surface area contributed by atoms with Crippen molar-refractivity contribution in [3.63, 3.8) is 0 Å². The van der Waals surface area contributed by atoms with Gasteiger partial charge in [0.25, 0.3) is 0 Å². The van der Waals surface area contributed by atoms with E-state index in [1.54, 1.807) is 12.1 Å². The fourth-order valence-corrected chi connectivity index (χ4v) is 1.39. The van der Waals surface area contributed by atoms with Gasteiger partial charge in [-0.3, -0.25) is 10.2 Å². The second kappa shape index (κ2) is 4.00. The van der Waals surface area contributed by atoms with Crippen LogP contribution in [-0.2, 0) is 0 Å². The molecule has 4 nitrogen and oxygen atoms in total. The number of hydrazine groups is 1. The normalized spacial score (nSPS) is 15.0. The molecule has 0 radical (unpaired) electrons. The summed E-state index contributed by atoms with van der Waals surface area (Å²) in [5.41, 5.74) is 6.52. The van der Waals surface area contributed by atoms with Gasteiger partial charge in [0.2, 0.25) is 0 Å². The molecule has 0 saturated carbocycles. The van der Waals surface area contributed by atoms with Gasteiger partial charge in [0, 0.05) is 5.70 Å². The Kier molecular flexibility index (Phi) is 2.53. The lowest BCUT2D eigenvalue weighted by molar-refractivity contribution is 0.0910. The summed E-state index contributed by atoms with van der Waals surface area (Å²) < 4.78 is 4.94. The van der Waals surface area contributed by atoms with Crippen LogP contribution in [0.5, 0.6) is 0 Å². The molecule has 1 aliphatic rings. The first-order valence-electron chi connectivity index (χ1n) is 4.65. The van der Waals surface area contributed by atoms with Crippen molar-refractivity contribution in [3.05, 3.63) is 35.9 Å². The molecule has 0 fully saturated rings. The monoisotopic (exact) mass is 192 g/mol. The number of allylic oxidation sites excluding steroid dienone is 2. The summed E-state index contributed by atoms with van der Waals surface area (Å²) in [5, 5.41) is 0. The average Bonchev–Trinajstić information content (AvgIpc) is 2.87. The zero-order valence-electron chi connectivity index (χ0n) is 7.75. The van der Waals surface area contributed by atoms with Crippen molar-refractivity contribution in [2.45, 2.75) is 19.3 Å². The predicted octanol–water partition coefficient (Wildman–Crippen LogP) is 1.58. The Balaban J connectivity index is 1.83. The van der Waals surface area contributed by atoms with Crippen LogP contribution in [0.1, 0.15) is 29.8 Å². The summed E-state index contributed by atoms with van der Waals surface area (Å²) in [6.45, 7) is 0. The third kappa shape index (κ3) is 1.96. The van der Waals surface area contributed by atoms with Crippen molar-refractivity contribution in [3.8, 4) is 0 Å². The molecule has 74 valence electrons. The van der Waals surface area contributed by atoms with Gasteiger partial charge in [-0.25, -0.2) is 0 Å². The molecule has 2 N–H and O–H groups in total. The van der Waals surface area contributed by atoms with E-state index >= 15 is 0 Å². The summed E-state index contributed by atoms with van der Waals surface area (Å²) in [6.07, 6.45) is 6.79. The van der Waals surface area contributed by atoms with E-state index in [-0.39, 0.29) is 5.91 Å². The number of hydrogen-bond acceptors (Lipinski definition) is 3. The molecule has 1 heterocycles. The molecule has 0 saturated heterocycles. The van der Waals surface area contributed by atoms with E-state index in [1.165, 1.54) is 6.26 Å². The lowest BCUT2D eigenvalue weighted by Crippen LogP contribution is -2.36. The van der Waals surface area contributed by atoms with Crippen molar-refractivity contribution in [1.29, 1.82) is 0 Å². The van der Waals surface area contributed by atoms with Gasteiger partial charge in [0.15, 0.2) is 5.76 Å². The van der Waals surface area contributed by atoms with E-state index in [2.05, 4.69) is 16.9 Å². The molecule has 0 unspecified atom stereocenters. The molecule has 0 aliphatic heterocycles. The van der Waals surface area contributed by atoms with E-state index in [1.807, 2.05) is 0 Å². The number of amides is 1. The zero-order chi connectivity index (χ0) is 9.80. The maximum absolute atomic E-state index is 11.4. The average molecular weight is 192 g/mol. The molecule has 2 rings (SSSR count). The van der Waals surface area contributed by atoms with Crippen LogP contribution in [0.15, 0.2) is 34.6 Å². The van der Waals surface area contributed by atoms with Gasteiger partial charge in [-0.2, -0.15) is 0 Å². The van der Waals surface area contributed by atoms with Crippen LogP contribution in [0.2, 0.25) is 0 Å². The Morgan fingerprint density at radius 3 is 3.07 bits per heavy atom. The topological polar surface area (TPSA) is 54.3 Å². The summed E-state index contributed by atoms with van der Waals surface area (Å²) >= 11 is 0. The summed E-state index contributed by atoms with van der Waals surface area (Å²) in [7, 11) is 0. The smallest absolute Gasteiger partial charge is 0.305 e. The van der Waals surface area contributed by atoms with E-state index in [4.69, 9.17) is 4.42 Å². The highest BCUT2D eigenvalue weighted by atomic mass is 16.3. The first kappa shape index (κ1) is 8.87. The van der Waals surface area contributed by atoms with Crippen molar-refractivity contribution < 1.29 is 9.21 Å². The molecule has 1 aliphatic carbocycles. The largest absolute Gasteiger partial charge is 0.459 e. The van der Waals surface area contributed by atoms with E-state index in [9.17, 15) is 4.79 Å². The summed E-state index contributed by atoms with van der Waals surface area (Å²) in [4.78, 5) is 11.4. The van der Waals surface area contributed by atoms with Crippen molar-refractivity contribution >= 4 is 5.91 Å². The Hall–Kier alpha value is -1.71. The predicted molar refractivity (Wildman–Crippen MR) is 51.2 cm³/mol. The zero-order valence-corrected chi connectivity index (χ0v) is 7.75. The number of carbonyl (C=O) groups is 1. The minimum atomic E-state index is -0.247. The molecule has 0 aromatic carbocycles. The van der Waals surface area contributed by atoms with Crippen molar-refractivity contribution in [2.75, 3.05) is 0 Å². The highest BCUT2D eigenvalue weighted by Crippen LogP contribution is 2.13. The third-order valence-corrected chi connectivity index (χ3v) is 2.12. The lowest BCUT2D eigenvalue weighted by Gasteiger charge is -2.06. The second-order valence-electron chi connectivity index (χ2n) is 3.18. The first-order chi connectivity index (χ1) is 6.86. The number of nitrogens with one attached hydrogen (secondary N) is 2. The minimum absolute atomic E-state index is 0.247. The molecule has 0 atom stereocenters. The van der Waals surface area contributed by atoms with E-state index < -0.39 is 0 Å². The van der Waals surface area contributed by atoms with Crippen LogP contribution in [0, 0.1) is 0 Å². The van der Waals surface area contributed by atoms with Gasteiger partial charge < -0.3 is 9.84 Å². The Morgan fingerprint density at radius 2 is 2.43 bits per heavy atom. The second-order valence-corrected chi connectivity index (χ2v) is 3.18. The lowest BCUT2D eigenvalue weighted by atomic mass is 10.3. The molecular weight excluding hydrogens is 180 g/mol. The van der Waals surface area contributed by atoms with Crippen LogP contribution in [0.3, 0.4) is 0 Å². The maximum Gasteiger partial charge on any atom is 0.305 e. The fourth-order valence-electron chi connectivity index (χ4n) is 1.39. The SMILES string of the molecule is O=C(NNC1=CCCC1)c1ccco1. The van der Waals surface area contributed by atoms with E-state index in [0.717, 1.165) is 25.0 Å². The molecular formula is C10H12N2O2. The number of furan rings is 1. The van der Waals surface area contributed by atoms with Crippen LogP contribution in [-0.4, -0.2) is 5.91 Å². The molecule has 4 heteroatoms. The quantitative estimate of drug-likeness (QED) is 0.715. The van der Waals surface area contributed by atoms with Crippen LogP contribution >= 0.6 is 0 Å². The van der Waals surface area contributed by atoms with Crippen LogP contribution in [0.4, 0.5) is 0 Å². The van der Waals surface area contributed by atoms with Crippen molar-refractivity contribution in [2.24, 2.45) is 0 Å². The first-order valence-corrected chi connectivity index (χ1v) is 4.65. The highest BCUT2D eigenvalue weighted by molar-refractivity contribution is 5.91. The summed E-state index contributed by atoms with van der Waals surface area (Å²) in [5.74, 6) is 0.0684. The van der Waals surface area contributed by atoms with Gasteiger partial charge in [-0.15, -0.1) is 0 Å². The molecule has 0 bridgehead atoms. The molecule has 14 heavy (non-hydrogen) atoms. The van der Waals surface area contributed by atoms with Gasteiger partial charge in [-0.05, 0) is 31.4 Å². The van der Waals surface area contributed by atoms with Gasteiger partial charge >= 0.3 is 5.91 Å². The molecule has 1 aromatic rings. The Morgan fingerprint density at radius 1 is 1.50 bits per heavy atom. The molecule has 1 aromatic heterocycles. The van der Waals surface area contributed by atoms with E-state index in [0.29, 0.717) is 5.76 Å². The van der Waals surface area contributed by atoms with Gasteiger partial charge in [0.05, 0.1) is 6.26 Å². The van der Waals surface area contributed by atoms with Gasteiger partial charge in [0.1, 0.15) is 0 Å². The van der Waals surface area contributed by atoms with Crippen LogP contribution < -0.4 is 10.9 Å². The Bertz CT molecular complexity index is 341. The minimum Gasteiger partial charge on any atom is -0.459 e. The standard InChI is InChI=1S/C10H12N2O2/c13-10(9-6-3-7-14-9)12-11-8-4-1-2-5-8/h3-4,6-7,11H,1-2,5H2,(H,12,13). The van der Waals surface area contributed by atoms with Crippen LogP contribution in [0.25, 0.3) is 0 Å². The third-order valence-electron chi connectivity index (χ3n) is 2.12. The number of hydrogen-bond donors (Lipinski definition) is 2. The molecule has 0 spiro atoms. The number of carbonyl (C=O) groups excluding carboxylic acids is 1. The fraction of sp³-hybridized carbons (Fsp3) is 0.300. The van der Waals surface area contributed by atoms with Crippen molar-refractivity contribution in [1.82, 2.24) is 10.9 Å². The van der Waals surface area contributed by atoms with Gasteiger partial charge in [-0.1, -0.05) is 6.08 Å².